The highest BCUT2D eigenvalue weighted by Gasteiger charge is 2.21. The van der Waals surface area contributed by atoms with Gasteiger partial charge in [-0.3, -0.25) is 14.9 Å². The van der Waals surface area contributed by atoms with Crippen molar-refractivity contribution in [3.05, 3.63) is 27.1 Å². The van der Waals surface area contributed by atoms with E-state index < -0.39 is 0 Å². The summed E-state index contributed by atoms with van der Waals surface area (Å²) in [7, 11) is 0. The lowest BCUT2D eigenvalue weighted by atomic mass is 10.2. The van der Waals surface area contributed by atoms with E-state index in [1.54, 1.807) is 6.92 Å². The summed E-state index contributed by atoms with van der Waals surface area (Å²) in [6.07, 6.45) is 0.601. The van der Waals surface area contributed by atoms with Gasteiger partial charge in [-0.1, -0.05) is 43.9 Å². The number of carbonyl (C=O) groups is 1. The highest BCUT2D eigenvalue weighted by atomic mass is 32.2. The molecule has 7 nitrogen and oxygen atoms in total. The van der Waals surface area contributed by atoms with Crippen LogP contribution in [0.3, 0.4) is 0 Å². The molecule has 23 heavy (non-hydrogen) atoms. The summed E-state index contributed by atoms with van der Waals surface area (Å²) in [4.78, 5) is 30.7. The Labute approximate surface area is 142 Å². The second-order valence-corrected chi connectivity index (χ2v) is 7.50. The first-order valence-corrected chi connectivity index (χ1v) is 8.97. The van der Waals surface area contributed by atoms with Crippen LogP contribution in [-0.2, 0) is 4.79 Å². The summed E-state index contributed by atoms with van der Waals surface area (Å²) >= 11 is 2.61. The molecule has 2 aromatic rings. The Hall–Kier alpha value is -1.74. The van der Waals surface area contributed by atoms with Gasteiger partial charge in [0.05, 0.1) is 5.25 Å². The van der Waals surface area contributed by atoms with Crippen LogP contribution in [0.4, 0.5) is 5.13 Å². The van der Waals surface area contributed by atoms with E-state index in [1.807, 2.05) is 20.8 Å². The van der Waals surface area contributed by atoms with E-state index in [0.717, 1.165) is 5.01 Å². The van der Waals surface area contributed by atoms with E-state index in [9.17, 15) is 9.59 Å². The van der Waals surface area contributed by atoms with Gasteiger partial charge in [0.25, 0.3) is 5.56 Å². The summed E-state index contributed by atoms with van der Waals surface area (Å²) in [6.45, 7) is 7.70. The molecule has 0 saturated carbocycles. The summed E-state index contributed by atoms with van der Waals surface area (Å²) in [6, 6.07) is 1.42. The number of nitrogens with one attached hydrogen (secondary N) is 2. The molecule has 0 spiro atoms. The quantitative estimate of drug-likeness (QED) is 0.611. The maximum absolute atomic E-state index is 12.4. The smallest absolute Gasteiger partial charge is 0.251 e. The van der Waals surface area contributed by atoms with E-state index >= 15 is 0 Å². The average molecular weight is 353 g/mol. The Morgan fingerprint density at radius 3 is 2.74 bits per heavy atom. The normalized spacial score (nSPS) is 12.4. The Balaban J connectivity index is 2.07. The zero-order valence-corrected chi connectivity index (χ0v) is 15.0. The molecular weight excluding hydrogens is 334 g/mol. The first kappa shape index (κ1) is 17.6. The molecule has 2 heterocycles. The number of H-pyrrole nitrogens is 1. The molecule has 0 aliphatic carbocycles. The molecule has 2 rings (SSSR count). The molecule has 0 saturated heterocycles. The predicted octanol–water partition coefficient (Wildman–Crippen LogP) is 2.56. The lowest BCUT2D eigenvalue weighted by Gasteiger charge is -2.12. The minimum atomic E-state index is -0.369. The number of aromatic amines is 1. The van der Waals surface area contributed by atoms with Gasteiger partial charge in [0.2, 0.25) is 11.0 Å². The lowest BCUT2D eigenvalue weighted by molar-refractivity contribution is -0.115. The number of thioether (sulfide) groups is 1. The third kappa shape index (κ3) is 4.87. The van der Waals surface area contributed by atoms with Gasteiger partial charge in [-0.15, -0.1) is 10.2 Å². The van der Waals surface area contributed by atoms with Gasteiger partial charge in [0, 0.05) is 17.7 Å². The fourth-order valence-electron chi connectivity index (χ4n) is 1.77. The lowest BCUT2D eigenvalue weighted by Crippen LogP contribution is -2.25. The molecule has 0 radical (unpaired) electrons. The van der Waals surface area contributed by atoms with Crippen LogP contribution in [0.15, 0.2) is 16.0 Å². The minimum absolute atomic E-state index is 0.173. The summed E-state index contributed by atoms with van der Waals surface area (Å²) in [5.41, 5.74) is 0.401. The standard InChI is InChI=1S/C14H19N5O2S2/c1-5-9(22-13-15-8(4)6-10(20)16-13)11(21)17-14-19-18-12(23-14)7(2)3/h6-7,9H,5H2,1-4H3,(H,15,16,20)(H,17,19,21). The zero-order valence-electron chi connectivity index (χ0n) is 13.4. The molecule has 1 atom stereocenters. The molecule has 0 bridgehead atoms. The van der Waals surface area contributed by atoms with Crippen LogP contribution >= 0.6 is 23.1 Å². The fraction of sp³-hybridized carbons (Fsp3) is 0.500. The van der Waals surface area contributed by atoms with Gasteiger partial charge in [-0.25, -0.2) is 4.98 Å². The minimum Gasteiger partial charge on any atom is -0.301 e. The highest BCUT2D eigenvalue weighted by Crippen LogP contribution is 2.25. The number of anilines is 1. The van der Waals surface area contributed by atoms with E-state index in [-0.39, 0.29) is 22.6 Å². The van der Waals surface area contributed by atoms with Crippen LogP contribution in [0.25, 0.3) is 0 Å². The first-order chi connectivity index (χ1) is 10.9. The van der Waals surface area contributed by atoms with Crippen molar-refractivity contribution in [2.24, 2.45) is 0 Å². The molecule has 9 heteroatoms. The van der Waals surface area contributed by atoms with Crippen molar-refractivity contribution in [2.45, 2.75) is 50.4 Å². The summed E-state index contributed by atoms with van der Waals surface area (Å²) in [5.74, 6) is 0.101. The second kappa shape index (κ2) is 7.69. The van der Waals surface area contributed by atoms with E-state index in [2.05, 4.69) is 25.5 Å². The third-order valence-corrected chi connectivity index (χ3v) is 5.32. The van der Waals surface area contributed by atoms with Crippen molar-refractivity contribution in [3.8, 4) is 0 Å². The Morgan fingerprint density at radius 1 is 1.43 bits per heavy atom. The van der Waals surface area contributed by atoms with Crippen LogP contribution < -0.4 is 10.9 Å². The number of amides is 1. The molecule has 2 N–H and O–H groups in total. The molecule has 2 aromatic heterocycles. The van der Waals surface area contributed by atoms with Crippen molar-refractivity contribution in [1.29, 1.82) is 0 Å². The number of hydrogen-bond acceptors (Lipinski definition) is 7. The van der Waals surface area contributed by atoms with E-state index in [1.165, 1.54) is 29.2 Å². The fourth-order valence-corrected chi connectivity index (χ4v) is 3.48. The zero-order chi connectivity index (χ0) is 17.0. The predicted molar refractivity (Wildman–Crippen MR) is 92.2 cm³/mol. The number of nitrogens with zero attached hydrogens (tertiary/aromatic N) is 3. The van der Waals surface area contributed by atoms with E-state index in [0.29, 0.717) is 22.4 Å². The monoisotopic (exact) mass is 353 g/mol. The van der Waals surface area contributed by atoms with Gasteiger partial charge in [0.15, 0.2) is 5.16 Å². The Bertz CT molecular complexity index is 741. The van der Waals surface area contributed by atoms with Gasteiger partial charge in [-0.05, 0) is 13.3 Å². The molecule has 0 fully saturated rings. The van der Waals surface area contributed by atoms with Crippen molar-refractivity contribution < 1.29 is 4.79 Å². The third-order valence-electron chi connectivity index (χ3n) is 2.93. The van der Waals surface area contributed by atoms with Gasteiger partial charge in [-0.2, -0.15) is 0 Å². The molecule has 1 unspecified atom stereocenters. The van der Waals surface area contributed by atoms with Crippen molar-refractivity contribution in [2.75, 3.05) is 5.32 Å². The number of carbonyl (C=O) groups excluding carboxylic acids is 1. The first-order valence-electron chi connectivity index (χ1n) is 7.28. The number of aromatic nitrogens is 4. The molecule has 124 valence electrons. The SMILES string of the molecule is CCC(Sc1nc(C)cc(=O)[nH]1)C(=O)Nc1nnc(C(C)C)s1. The molecule has 0 aromatic carbocycles. The van der Waals surface area contributed by atoms with Crippen molar-refractivity contribution >= 4 is 34.1 Å². The van der Waals surface area contributed by atoms with Gasteiger partial charge < -0.3 is 4.98 Å². The topological polar surface area (TPSA) is 101 Å². The van der Waals surface area contributed by atoms with Crippen molar-refractivity contribution in [3.63, 3.8) is 0 Å². The number of aryl methyl sites for hydroxylation is 1. The molecular formula is C14H19N5O2S2. The van der Waals surface area contributed by atoms with Crippen LogP contribution in [0, 0.1) is 6.92 Å². The Morgan fingerprint density at radius 2 is 2.17 bits per heavy atom. The second-order valence-electron chi connectivity index (χ2n) is 5.30. The van der Waals surface area contributed by atoms with Crippen LogP contribution in [0.5, 0.6) is 0 Å². The molecule has 0 aliphatic rings. The maximum Gasteiger partial charge on any atom is 0.251 e. The summed E-state index contributed by atoms with van der Waals surface area (Å²) < 4.78 is 0. The van der Waals surface area contributed by atoms with Gasteiger partial charge in [0.1, 0.15) is 5.01 Å². The number of rotatable bonds is 6. The number of hydrogen-bond donors (Lipinski definition) is 2. The highest BCUT2D eigenvalue weighted by molar-refractivity contribution is 8.00. The van der Waals surface area contributed by atoms with Crippen molar-refractivity contribution in [1.82, 2.24) is 20.2 Å². The largest absolute Gasteiger partial charge is 0.301 e. The van der Waals surface area contributed by atoms with Crippen LogP contribution in [-0.4, -0.2) is 31.3 Å². The Kier molecular flexibility index (Phi) is 5.89. The van der Waals surface area contributed by atoms with Gasteiger partial charge >= 0.3 is 0 Å². The average Bonchev–Trinajstić information content (AvgIpc) is 2.92. The maximum atomic E-state index is 12.4. The van der Waals surface area contributed by atoms with Crippen LogP contribution in [0.2, 0.25) is 0 Å². The van der Waals surface area contributed by atoms with E-state index in [4.69, 9.17) is 0 Å². The van der Waals surface area contributed by atoms with Crippen LogP contribution in [0.1, 0.15) is 43.8 Å². The molecule has 1 amide bonds. The summed E-state index contributed by atoms with van der Waals surface area (Å²) in [5, 5.41) is 12.3. The molecule has 0 aliphatic heterocycles.